The molecule has 2 bridgehead atoms. The summed E-state index contributed by atoms with van der Waals surface area (Å²) in [6.07, 6.45) is 6.27. The maximum Gasteiger partial charge on any atom is 0.335 e. The van der Waals surface area contributed by atoms with Crippen molar-refractivity contribution in [3.05, 3.63) is 51.6 Å². The van der Waals surface area contributed by atoms with E-state index in [2.05, 4.69) is 16.9 Å². The van der Waals surface area contributed by atoms with Gasteiger partial charge in [-0.3, -0.25) is 15.6 Å². The summed E-state index contributed by atoms with van der Waals surface area (Å²) in [5.41, 5.74) is 8.47. The highest BCUT2D eigenvalue weighted by molar-refractivity contribution is 6.11. The summed E-state index contributed by atoms with van der Waals surface area (Å²) in [4.78, 5) is 25.0. The maximum atomic E-state index is 12.7. The lowest BCUT2D eigenvalue weighted by molar-refractivity contribution is -0.327. The summed E-state index contributed by atoms with van der Waals surface area (Å²) in [7, 11) is 0. The average Bonchev–Trinajstić information content (AvgIpc) is 3.93. The molecule has 0 unspecified atom stereocenters. The fourth-order valence-corrected chi connectivity index (χ4v) is 15.7. The van der Waals surface area contributed by atoms with Gasteiger partial charge in [-0.2, -0.15) is 0 Å². The average molecular weight is 859 g/mol. The molecule has 62 heavy (non-hydrogen) atoms. The van der Waals surface area contributed by atoms with Gasteiger partial charge < -0.3 is 54.7 Å². The molecule has 3 saturated heterocycles. The van der Waals surface area contributed by atoms with Crippen molar-refractivity contribution in [2.24, 2.45) is 34.0 Å². The van der Waals surface area contributed by atoms with E-state index in [9.17, 15) is 45.3 Å². The molecular formula is C47H58N2O13. The van der Waals surface area contributed by atoms with Gasteiger partial charge in [-0.25, -0.2) is 4.79 Å². The van der Waals surface area contributed by atoms with Crippen LogP contribution >= 0.6 is 0 Å². The Morgan fingerprint density at radius 1 is 1.03 bits per heavy atom. The number of phenols is 2. The molecule has 7 fully saturated rings. The van der Waals surface area contributed by atoms with Gasteiger partial charge in [-0.05, 0) is 123 Å². The van der Waals surface area contributed by atoms with Crippen LogP contribution < -0.4 is 15.6 Å². The van der Waals surface area contributed by atoms with Crippen LogP contribution in [0.15, 0.2) is 34.9 Å². The number of fused-ring (bicyclic) bond motifs is 2. The number of phenolic OH excluding ortho intramolecular Hbond substituents is 2. The van der Waals surface area contributed by atoms with E-state index in [1.165, 1.54) is 45.1 Å². The highest BCUT2D eigenvalue weighted by Crippen LogP contribution is 2.74. The number of carbonyl (C=O) groups is 2. The number of nitrogens with one attached hydrogen (secondary N) is 2. The van der Waals surface area contributed by atoms with Crippen molar-refractivity contribution in [3.63, 3.8) is 0 Å². The number of ketones is 1. The predicted molar refractivity (Wildman–Crippen MR) is 220 cm³/mol. The molecule has 2 aromatic rings. The van der Waals surface area contributed by atoms with E-state index >= 15 is 0 Å². The minimum absolute atomic E-state index is 0.00245. The third-order valence-corrected chi connectivity index (χ3v) is 17.7. The van der Waals surface area contributed by atoms with Gasteiger partial charge in [-0.15, -0.1) is 0 Å². The number of hydrazine groups is 1. The molecule has 4 aliphatic heterocycles. The molecule has 4 saturated carbocycles. The fourth-order valence-electron chi connectivity index (χ4n) is 15.7. The SMILES string of the molecule is CC(=O)c1c(C)c(O)c2cc(C(=O)O)cc(O[C@@H]3O[C@H](CO)[C@]4(C[C@@H]5C6=C(CC=C6[C@@]6(CCO)COC[C@H]7C[C@]89CC%10(CCCC%10)C[C@H]8NN[C@@]5(C9)[C@@H]76)CO4)[C@H](O)[C@H]3O)c2c1O. The summed E-state index contributed by atoms with van der Waals surface area (Å²) in [5, 5.41) is 79.2. The normalized spacial score (nSPS) is 41.2. The lowest BCUT2D eigenvalue weighted by Gasteiger charge is -2.71. The van der Waals surface area contributed by atoms with Crippen molar-refractivity contribution in [3.8, 4) is 17.2 Å². The van der Waals surface area contributed by atoms with Crippen LogP contribution in [-0.2, 0) is 14.2 Å². The number of Topliss-reactive ketones (excluding diaryl/α,β-unsaturated/α-hetero) is 1. The topological polar surface area (TPSA) is 237 Å². The zero-order chi connectivity index (χ0) is 43.3. The lowest BCUT2D eigenvalue weighted by Crippen LogP contribution is -2.81. The molecule has 12 atom stereocenters. The number of carboxylic acids is 1. The van der Waals surface area contributed by atoms with E-state index in [0.29, 0.717) is 31.5 Å². The van der Waals surface area contributed by atoms with Crippen LogP contribution in [0.1, 0.15) is 104 Å². The molecule has 4 heterocycles. The van der Waals surface area contributed by atoms with Crippen molar-refractivity contribution < 1.29 is 64.3 Å². The Hall–Kier alpha value is -3.64. The molecular weight excluding hydrogens is 801 g/mol. The second-order valence-corrected chi connectivity index (χ2v) is 20.6. The first-order valence-corrected chi connectivity index (χ1v) is 22.5. The van der Waals surface area contributed by atoms with Crippen LogP contribution in [0.25, 0.3) is 10.8 Å². The van der Waals surface area contributed by atoms with Crippen LogP contribution in [0.4, 0.5) is 0 Å². The number of allylic oxidation sites excluding steroid dienone is 1. The number of rotatable bonds is 7. The van der Waals surface area contributed by atoms with E-state index in [1.54, 1.807) is 0 Å². The number of aliphatic hydroxyl groups is 4. The molecule has 15 nitrogen and oxygen atoms in total. The van der Waals surface area contributed by atoms with Crippen LogP contribution in [-0.4, -0.2) is 122 Å². The lowest BCUT2D eigenvalue weighted by atomic mass is 9.39. The summed E-state index contributed by atoms with van der Waals surface area (Å²) in [6, 6.07) is 2.52. The number of carbonyl (C=O) groups excluding carboxylic acids is 1. The quantitative estimate of drug-likeness (QED) is 0.143. The molecule has 9 aliphatic rings. The number of hydrogen-bond donors (Lipinski definition) is 9. The third kappa shape index (κ3) is 5.31. The molecule has 0 amide bonds. The molecule has 4 spiro atoms. The van der Waals surface area contributed by atoms with Crippen LogP contribution in [0.2, 0.25) is 0 Å². The minimum Gasteiger partial charge on any atom is -0.507 e. The number of ether oxygens (including phenoxy) is 4. The van der Waals surface area contributed by atoms with Gasteiger partial charge in [0.1, 0.15) is 41.2 Å². The number of aromatic hydroxyl groups is 2. The maximum absolute atomic E-state index is 12.7. The molecule has 11 rings (SSSR count). The highest BCUT2D eigenvalue weighted by atomic mass is 16.7. The van der Waals surface area contributed by atoms with Gasteiger partial charge in [0.25, 0.3) is 0 Å². The van der Waals surface area contributed by atoms with E-state index in [-0.39, 0.29) is 82.1 Å². The summed E-state index contributed by atoms with van der Waals surface area (Å²) in [6.45, 7) is 3.21. The molecule has 0 aromatic heterocycles. The van der Waals surface area contributed by atoms with Crippen LogP contribution in [0.3, 0.4) is 0 Å². The number of benzene rings is 2. The number of aliphatic hydroxyl groups excluding tert-OH is 4. The van der Waals surface area contributed by atoms with E-state index < -0.39 is 71.0 Å². The Bertz CT molecular complexity index is 2330. The van der Waals surface area contributed by atoms with Gasteiger partial charge in [0.2, 0.25) is 6.29 Å². The molecule has 334 valence electrons. The fraction of sp³-hybridized carbons (Fsp3) is 0.660. The first-order valence-electron chi connectivity index (χ1n) is 22.5. The Kier molecular flexibility index (Phi) is 9.23. The van der Waals surface area contributed by atoms with E-state index in [0.717, 1.165) is 49.0 Å². The van der Waals surface area contributed by atoms with Crippen LogP contribution in [0.5, 0.6) is 17.2 Å². The summed E-state index contributed by atoms with van der Waals surface area (Å²) in [5.74, 6) is -3.26. The Labute approximate surface area is 359 Å². The zero-order valence-corrected chi connectivity index (χ0v) is 35.2. The molecule has 5 aliphatic carbocycles. The third-order valence-electron chi connectivity index (χ3n) is 17.7. The second-order valence-electron chi connectivity index (χ2n) is 20.6. The van der Waals surface area contributed by atoms with Gasteiger partial charge in [0.05, 0.1) is 36.3 Å². The van der Waals surface area contributed by atoms with Crippen molar-refractivity contribution in [1.29, 1.82) is 0 Å². The highest BCUT2D eigenvalue weighted by Gasteiger charge is 2.75. The van der Waals surface area contributed by atoms with E-state index in [1.807, 2.05) is 0 Å². The van der Waals surface area contributed by atoms with Gasteiger partial charge in [-0.1, -0.05) is 18.9 Å². The van der Waals surface area contributed by atoms with Gasteiger partial charge >= 0.3 is 5.97 Å². The van der Waals surface area contributed by atoms with Gasteiger partial charge in [0.15, 0.2) is 5.78 Å². The molecule has 0 radical (unpaired) electrons. The van der Waals surface area contributed by atoms with Crippen molar-refractivity contribution in [2.45, 2.75) is 126 Å². The van der Waals surface area contributed by atoms with Crippen molar-refractivity contribution in [2.75, 3.05) is 33.0 Å². The molecule has 2 aromatic carbocycles. The van der Waals surface area contributed by atoms with Gasteiger partial charge in [0, 0.05) is 47.1 Å². The number of carboxylic acid groups (broad SMARTS) is 1. The summed E-state index contributed by atoms with van der Waals surface area (Å²) < 4.78 is 26.2. The second kappa shape index (κ2) is 13.9. The smallest absolute Gasteiger partial charge is 0.335 e. The molecule has 9 N–H and O–H groups in total. The Morgan fingerprint density at radius 3 is 2.55 bits per heavy atom. The van der Waals surface area contributed by atoms with Crippen LogP contribution in [0, 0.1) is 40.9 Å². The summed E-state index contributed by atoms with van der Waals surface area (Å²) >= 11 is 0. The van der Waals surface area contributed by atoms with Crippen molar-refractivity contribution >= 4 is 22.5 Å². The largest absolute Gasteiger partial charge is 0.507 e. The minimum atomic E-state index is -1.82. The first-order chi connectivity index (χ1) is 29.7. The monoisotopic (exact) mass is 858 g/mol. The Balaban J connectivity index is 1.00. The molecule has 15 heteroatoms. The predicted octanol–water partition coefficient (Wildman–Crippen LogP) is 3.67. The first kappa shape index (κ1) is 41.1. The number of aromatic carboxylic acids is 1. The standard InChI is InChI=1S/C47H58N2O13/c1-22-33(23(2)52)37(54)35-27(36(22)53)11-25(41(57)58)12-30(35)61-42-38(55)40(56)47(32(16-51)62-42)14-29-34-24(18-60-47)5-6-28(34)45(9-10-50)21-59-17-26-13-44-19-43(7-3-4-8-43)15-31(44)48-49-46(29,20-44)39(26)45/h6,11-12,26,29,31-32,38-40,42,48-51,53-56H,3-5,7-10,13-21H2,1-2H3,(H,57,58)/t26-,29-,31-,32-,38-,39+,40-,42-,44-,45-,46-,47-/m1/s1. The number of hydrogen-bond acceptors (Lipinski definition) is 14. The van der Waals surface area contributed by atoms with E-state index in [4.69, 9.17) is 18.9 Å². The zero-order valence-electron chi connectivity index (χ0n) is 35.2. The Morgan fingerprint density at radius 2 is 1.82 bits per heavy atom. The van der Waals surface area contributed by atoms with Crippen molar-refractivity contribution in [1.82, 2.24) is 10.9 Å².